The molecule has 0 amide bonds. The highest BCUT2D eigenvalue weighted by atomic mass is 15.0. The van der Waals surface area contributed by atoms with Crippen LogP contribution in [0.5, 0.6) is 0 Å². The zero-order valence-corrected chi connectivity index (χ0v) is 32.9. The first-order chi connectivity index (χ1) is 30.3. The van der Waals surface area contributed by atoms with Crippen molar-refractivity contribution in [3.63, 3.8) is 0 Å². The van der Waals surface area contributed by atoms with Gasteiger partial charge in [0.2, 0.25) is 0 Å². The van der Waals surface area contributed by atoms with E-state index >= 15 is 0 Å². The molecule has 0 unspecified atom stereocenters. The SMILES string of the molecule is c1ccc(-c2nc(-c3ccccc3)nc(-c3cccc(-c4cc(-n5c6ccccc6c6cccc(-c7ccccc7)c65)cc5c6ccccc6c6ccccc6c45)n3)n2)cc1. The van der Waals surface area contributed by atoms with Crippen molar-refractivity contribution < 1.29 is 0 Å². The molecule has 12 aromatic rings. The lowest BCUT2D eigenvalue weighted by molar-refractivity contribution is 1.06. The second-order valence-corrected chi connectivity index (χ2v) is 15.4. The highest BCUT2D eigenvalue weighted by Crippen LogP contribution is 2.44. The van der Waals surface area contributed by atoms with Gasteiger partial charge in [-0.2, -0.15) is 0 Å². The summed E-state index contributed by atoms with van der Waals surface area (Å²) in [7, 11) is 0. The third-order valence-corrected chi connectivity index (χ3v) is 11.8. The number of fused-ring (bicyclic) bond motifs is 9. The van der Waals surface area contributed by atoms with Crippen LogP contribution in [0.1, 0.15) is 0 Å². The summed E-state index contributed by atoms with van der Waals surface area (Å²) in [6.07, 6.45) is 0. The first-order valence-corrected chi connectivity index (χ1v) is 20.6. The van der Waals surface area contributed by atoms with Crippen molar-refractivity contribution >= 4 is 54.1 Å². The van der Waals surface area contributed by atoms with Gasteiger partial charge in [0.15, 0.2) is 17.5 Å². The van der Waals surface area contributed by atoms with E-state index in [9.17, 15) is 0 Å². The highest BCUT2D eigenvalue weighted by molar-refractivity contribution is 6.29. The van der Waals surface area contributed by atoms with Gasteiger partial charge in [-0.25, -0.2) is 19.9 Å². The van der Waals surface area contributed by atoms with Gasteiger partial charge in [-0.3, -0.25) is 0 Å². The fraction of sp³-hybridized carbons (Fsp3) is 0. The zero-order chi connectivity index (χ0) is 40.3. The van der Waals surface area contributed by atoms with Crippen molar-refractivity contribution in [1.82, 2.24) is 24.5 Å². The summed E-state index contributed by atoms with van der Waals surface area (Å²) in [4.78, 5) is 20.5. The third kappa shape index (κ3) is 5.78. The number of nitrogens with zero attached hydrogens (tertiary/aromatic N) is 5. The van der Waals surface area contributed by atoms with E-state index in [-0.39, 0.29) is 0 Å². The fourth-order valence-electron chi connectivity index (χ4n) is 9.12. The first-order valence-electron chi connectivity index (χ1n) is 20.6. The Morgan fingerprint density at radius 1 is 0.295 bits per heavy atom. The van der Waals surface area contributed by atoms with Gasteiger partial charge in [0.05, 0.1) is 16.7 Å². The summed E-state index contributed by atoms with van der Waals surface area (Å²) in [5, 5.41) is 9.52. The van der Waals surface area contributed by atoms with Crippen LogP contribution >= 0.6 is 0 Å². The van der Waals surface area contributed by atoms with Gasteiger partial charge in [-0.05, 0) is 68.2 Å². The number of aromatic nitrogens is 5. The minimum absolute atomic E-state index is 0.514. The van der Waals surface area contributed by atoms with Gasteiger partial charge in [0.25, 0.3) is 0 Å². The predicted molar refractivity (Wildman–Crippen MR) is 252 cm³/mol. The van der Waals surface area contributed by atoms with Gasteiger partial charge >= 0.3 is 0 Å². The van der Waals surface area contributed by atoms with E-state index in [1.807, 2.05) is 66.7 Å². The summed E-state index contributed by atoms with van der Waals surface area (Å²) >= 11 is 0. The molecule has 0 saturated heterocycles. The Kier molecular flexibility index (Phi) is 8.10. The molecule has 0 saturated carbocycles. The maximum atomic E-state index is 5.47. The van der Waals surface area contributed by atoms with Gasteiger partial charge < -0.3 is 4.57 Å². The van der Waals surface area contributed by atoms with Gasteiger partial charge in [-0.1, -0.05) is 182 Å². The summed E-state index contributed by atoms with van der Waals surface area (Å²) in [5.74, 6) is 1.71. The molecule has 5 heteroatoms. The molecule has 0 aliphatic heterocycles. The third-order valence-electron chi connectivity index (χ3n) is 11.8. The van der Waals surface area contributed by atoms with Crippen LogP contribution in [-0.2, 0) is 0 Å². The monoisotopic (exact) mass is 777 g/mol. The lowest BCUT2D eigenvalue weighted by atomic mass is 9.90. The number of para-hydroxylation sites is 2. The van der Waals surface area contributed by atoms with E-state index < -0.39 is 0 Å². The van der Waals surface area contributed by atoms with E-state index in [1.54, 1.807) is 0 Å². The van der Waals surface area contributed by atoms with Crippen molar-refractivity contribution in [3.05, 3.63) is 212 Å². The Labute approximate surface area is 351 Å². The van der Waals surface area contributed by atoms with E-state index in [4.69, 9.17) is 19.9 Å². The lowest BCUT2D eigenvalue weighted by Crippen LogP contribution is -2.02. The molecule has 0 atom stereocenters. The van der Waals surface area contributed by atoms with E-state index in [0.29, 0.717) is 23.2 Å². The molecular formula is C56H35N5. The molecule has 0 spiro atoms. The van der Waals surface area contributed by atoms with Crippen molar-refractivity contribution in [3.8, 4) is 62.4 Å². The summed E-state index contributed by atoms with van der Waals surface area (Å²) in [6, 6.07) is 74.7. The normalized spacial score (nSPS) is 11.6. The first kappa shape index (κ1) is 34.7. The number of benzene rings is 9. The Morgan fingerprint density at radius 2 is 0.787 bits per heavy atom. The Bertz CT molecular complexity index is 3580. The van der Waals surface area contributed by atoms with Crippen molar-refractivity contribution in [2.45, 2.75) is 0 Å². The molecule has 0 radical (unpaired) electrons. The fourth-order valence-corrected chi connectivity index (χ4v) is 9.12. The van der Waals surface area contributed by atoms with Crippen LogP contribution in [0.2, 0.25) is 0 Å². The smallest absolute Gasteiger partial charge is 0.182 e. The molecule has 3 aromatic heterocycles. The molecule has 0 N–H and O–H groups in total. The standard InChI is InChI=1S/C56H35N5/c1-4-18-36(19-5-1)40-29-16-30-46-44-27-14-15-33-51(44)61(53(40)46)39-34-47-43-26-11-10-24-41(43)42-25-12-13-28-45(42)52(47)48(35-39)49-31-17-32-50(57-49)56-59-54(37-20-6-2-7-21-37)58-55(60-56)38-22-8-3-9-23-38/h1-35H. The van der Waals surface area contributed by atoms with E-state index in [2.05, 4.69) is 150 Å². The van der Waals surface area contributed by atoms with Crippen LogP contribution < -0.4 is 0 Å². The van der Waals surface area contributed by atoms with Gasteiger partial charge in [-0.15, -0.1) is 0 Å². The minimum Gasteiger partial charge on any atom is -0.309 e. The largest absolute Gasteiger partial charge is 0.309 e. The minimum atomic E-state index is 0.514. The predicted octanol–water partition coefficient (Wildman–Crippen LogP) is 14.2. The Balaban J connectivity index is 1.17. The molecule has 12 rings (SSSR count). The number of pyridine rings is 1. The molecule has 0 aliphatic carbocycles. The van der Waals surface area contributed by atoms with Crippen LogP contribution in [0.25, 0.3) is 116 Å². The van der Waals surface area contributed by atoms with E-state index in [1.165, 1.54) is 49.0 Å². The topological polar surface area (TPSA) is 56.5 Å². The molecule has 284 valence electrons. The maximum absolute atomic E-state index is 5.47. The second-order valence-electron chi connectivity index (χ2n) is 15.4. The molecular weight excluding hydrogens is 743 g/mol. The Morgan fingerprint density at radius 3 is 1.46 bits per heavy atom. The number of rotatable bonds is 6. The average molecular weight is 778 g/mol. The average Bonchev–Trinajstić information content (AvgIpc) is 3.69. The summed E-state index contributed by atoms with van der Waals surface area (Å²) in [6.45, 7) is 0. The second kappa shape index (κ2) is 14.2. The van der Waals surface area contributed by atoms with Gasteiger partial charge in [0.1, 0.15) is 5.69 Å². The van der Waals surface area contributed by atoms with E-state index in [0.717, 1.165) is 44.4 Å². The molecule has 5 nitrogen and oxygen atoms in total. The van der Waals surface area contributed by atoms with Crippen LogP contribution in [0.4, 0.5) is 0 Å². The molecule has 0 fully saturated rings. The quantitative estimate of drug-likeness (QED) is 0.158. The van der Waals surface area contributed by atoms with Crippen molar-refractivity contribution in [1.29, 1.82) is 0 Å². The summed E-state index contributed by atoms with van der Waals surface area (Å²) in [5.41, 5.74) is 10.1. The van der Waals surface area contributed by atoms with Crippen molar-refractivity contribution in [2.24, 2.45) is 0 Å². The maximum Gasteiger partial charge on any atom is 0.182 e. The molecule has 9 aromatic carbocycles. The Hall–Kier alpha value is -8.28. The highest BCUT2D eigenvalue weighted by Gasteiger charge is 2.21. The van der Waals surface area contributed by atoms with Crippen LogP contribution in [-0.4, -0.2) is 24.5 Å². The van der Waals surface area contributed by atoms with Gasteiger partial charge in [0, 0.05) is 38.7 Å². The van der Waals surface area contributed by atoms with Crippen LogP contribution in [0, 0.1) is 0 Å². The molecule has 61 heavy (non-hydrogen) atoms. The number of hydrogen-bond donors (Lipinski definition) is 0. The molecule has 0 bridgehead atoms. The van der Waals surface area contributed by atoms with Crippen molar-refractivity contribution in [2.75, 3.05) is 0 Å². The zero-order valence-electron chi connectivity index (χ0n) is 32.9. The number of hydrogen-bond acceptors (Lipinski definition) is 4. The van der Waals surface area contributed by atoms with Crippen LogP contribution in [0.3, 0.4) is 0 Å². The molecule has 0 aliphatic rings. The van der Waals surface area contributed by atoms with Crippen LogP contribution in [0.15, 0.2) is 212 Å². The molecule has 3 heterocycles. The lowest BCUT2D eigenvalue weighted by Gasteiger charge is -2.18. The summed E-state index contributed by atoms with van der Waals surface area (Å²) < 4.78 is 2.45.